The number of benzene rings is 1. The van der Waals surface area contributed by atoms with Crippen molar-refractivity contribution in [1.29, 1.82) is 0 Å². The van der Waals surface area contributed by atoms with Crippen molar-refractivity contribution >= 4 is 8.38 Å². The topological polar surface area (TPSA) is 60.7 Å². The minimum atomic E-state index is -2.08. The predicted octanol–water partition coefficient (Wildman–Crippen LogP) is 1.92. The molecule has 0 spiro atoms. The van der Waals surface area contributed by atoms with Crippen molar-refractivity contribution < 1.29 is 14.9 Å². The van der Waals surface area contributed by atoms with Crippen LogP contribution < -0.4 is 0 Å². The lowest BCUT2D eigenvalue weighted by Crippen LogP contribution is -1.98. The zero-order chi connectivity index (χ0) is 10.6. The van der Waals surface area contributed by atoms with Crippen LogP contribution in [0.25, 0.3) is 0 Å². The highest BCUT2D eigenvalue weighted by Crippen LogP contribution is 2.31. The van der Waals surface area contributed by atoms with Crippen molar-refractivity contribution in [1.82, 2.24) is 0 Å². The normalized spacial score (nSPS) is 14.5. The van der Waals surface area contributed by atoms with Gasteiger partial charge in [0, 0.05) is 0 Å². The van der Waals surface area contributed by atoms with Crippen LogP contribution in [0.15, 0.2) is 41.7 Å². The molecule has 76 valence electrons. The molecule has 0 saturated heterocycles. The lowest BCUT2D eigenvalue weighted by molar-refractivity contribution is 0.216. The molecule has 0 bridgehead atoms. The van der Waals surface area contributed by atoms with Crippen LogP contribution in [-0.2, 0) is 0 Å². The summed E-state index contributed by atoms with van der Waals surface area (Å²) in [6, 6.07) is 9.09. The fourth-order valence-electron chi connectivity index (χ4n) is 1.15. The van der Waals surface area contributed by atoms with Crippen LogP contribution in [0.3, 0.4) is 0 Å². The van der Waals surface area contributed by atoms with Gasteiger partial charge in [-0.3, -0.25) is 0 Å². The average Bonchev–Trinajstić information content (AvgIpc) is 2.17. The molecule has 0 radical (unpaired) electrons. The molecule has 3 nitrogen and oxygen atoms in total. The summed E-state index contributed by atoms with van der Waals surface area (Å²) in [4.78, 5) is 17.5. The Hall–Kier alpha value is -0.730. The van der Waals surface area contributed by atoms with Crippen LogP contribution >= 0.6 is 8.38 Å². The SMILES string of the molecule is CC(=CP(O)O)C(O)c1ccccc1. The van der Waals surface area contributed by atoms with Crippen LogP contribution in [0.2, 0.25) is 0 Å². The molecule has 1 atom stereocenters. The van der Waals surface area contributed by atoms with Crippen LogP contribution in [0, 0.1) is 0 Å². The molecule has 1 aromatic carbocycles. The highest BCUT2D eigenvalue weighted by Gasteiger charge is 2.09. The summed E-state index contributed by atoms with van der Waals surface area (Å²) < 4.78 is 0. The number of aliphatic hydroxyl groups excluding tert-OH is 1. The largest absolute Gasteiger partial charge is 0.384 e. The molecule has 0 aliphatic heterocycles. The Morgan fingerprint density at radius 2 is 1.86 bits per heavy atom. The Bertz CT molecular complexity index is 308. The van der Waals surface area contributed by atoms with Crippen LogP contribution in [0.5, 0.6) is 0 Å². The monoisotopic (exact) mass is 212 g/mol. The van der Waals surface area contributed by atoms with E-state index in [9.17, 15) is 5.11 Å². The molecule has 0 heterocycles. The summed E-state index contributed by atoms with van der Waals surface area (Å²) in [5.41, 5.74) is 1.30. The van der Waals surface area contributed by atoms with Gasteiger partial charge in [0.05, 0.1) is 0 Å². The van der Waals surface area contributed by atoms with Gasteiger partial charge in [-0.05, 0) is 23.9 Å². The van der Waals surface area contributed by atoms with Crippen LogP contribution in [0.4, 0.5) is 0 Å². The minimum Gasteiger partial charge on any atom is -0.384 e. The van der Waals surface area contributed by atoms with E-state index in [2.05, 4.69) is 0 Å². The Balaban J connectivity index is 2.81. The molecule has 0 aromatic heterocycles. The third kappa shape index (κ3) is 3.20. The van der Waals surface area contributed by atoms with E-state index >= 15 is 0 Å². The first-order chi connectivity index (χ1) is 6.61. The third-order valence-electron chi connectivity index (χ3n) is 1.87. The molecule has 1 aromatic rings. The zero-order valence-corrected chi connectivity index (χ0v) is 8.72. The van der Waals surface area contributed by atoms with Gasteiger partial charge >= 0.3 is 0 Å². The van der Waals surface area contributed by atoms with E-state index in [1.54, 1.807) is 19.1 Å². The second kappa shape index (κ2) is 5.23. The summed E-state index contributed by atoms with van der Waals surface area (Å²) in [5, 5.41) is 9.76. The maximum Gasteiger partial charge on any atom is 0.191 e. The van der Waals surface area contributed by atoms with Gasteiger partial charge < -0.3 is 14.9 Å². The van der Waals surface area contributed by atoms with Gasteiger partial charge in [0.2, 0.25) is 0 Å². The zero-order valence-electron chi connectivity index (χ0n) is 7.83. The lowest BCUT2D eigenvalue weighted by atomic mass is 10.0. The molecule has 0 aliphatic carbocycles. The van der Waals surface area contributed by atoms with Gasteiger partial charge in [0.15, 0.2) is 8.38 Å². The van der Waals surface area contributed by atoms with Gasteiger partial charge in [-0.1, -0.05) is 30.3 Å². The Morgan fingerprint density at radius 3 is 2.36 bits per heavy atom. The minimum absolute atomic E-state index is 0.548. The quantitative estimate of drug-likeness (QED) is 0.671. The molecule has 1 unspecified atom stereocenters. The van der Waals surface area contributed by atoms with Gasteiger partial charge in [-0.15, -0.1) is 0 Å². The molecule has 0 aliphatic rings. The molecule has 1 rings (SSSR count). The van der Waals surface area contributed by atoms with E-state index in [4.69, 9.17) is 9.79 Å². The second-order valence-electron chi connectivity index (χ2n) is 3.01. The number of hydrogen-bond donors (Lipinski definition) is 3. The Labute approximate surface area is 84.3 Å². The second-order valence-corrected chi connectivity index (χ2v) is 3.91. The van der Waals surface area contributed by atoms with Crippen molar-refractivity contribution in [2.24, 2.45) is 0 Å². The fraction of sp³-hybridized carbons (Fsp3) is 0.200. The number of rotatable bonds is 3. The van der Waals surface area contributed by atoms with E-state index in [0.29, 0.717) is 5.57 Å². The van der Waals surface area contributed by atoms with Gasteiger partial charge in [-0.2, -0.15) is 0 Å². The highest BCUT2D eigenvalue weighted by atomic mass is 31.2. The Morgan fingerprint density at radius 1 is 1.29 bits per heavy atom. The molecule has 14 heavy (non-hydrogen) atoms. The molecule has 0 amide bonds. The van der Waals surface area contributed by atoms with Gasteiger partial charge in [-0.25, -0.2) is 0 Å². The summed E-state index contributed by atoms with van der Waals surface area (Å²) in [7, 11) is -2.08. The van der Waals surface area contributed by atoms with Crippen molar-refractivity contribution in [3.63, 3.8) is 0 Å². The summed E-state index contributed by atoms with van der Waals surface area (Å²) in [6.07, 6.45) is -0.763. The van der Waals surface area contributed by atoms with Crippen molar-refractivity contribution in [2.45, 2.75) is 13.0 Å². The lowest BCUT2D eigenvalue weighted by Gasteiger charge is -2.11. The smallest absolute Gasteiger partial charge is 0.191 e. The van der Waals surface area contributed by atoms with Crippen LogP contribution in [-0.4, -0.2) is 14.9 Å². The van der Waals surface area contributed by atoms with E-state index in [0.717, 1.165) is 5.56 Å². The molecular formula is C10H13O3P. The van der Waals surface area contributed by atoms with E-state index in [1.165, 1.54) is 5.82 Å². The molecule has 4 heteroatoms. The molecule has 3 N–H and O–H groups in total. The van der Waals surface area contributed by atoms with Crippen molar-refractivity contribution in [3.8, 4) is 0 Å². The molecule has 0 saturated carbocycles. The first-order valence-electron chi connectivity index (χ1n) is 4.19. The van der Waals surface area contributed by atoms with E-state index < -0.39 is 14.5 Å². The molecule has 0 fully saturated rings. The highest BCUT2D eigenvalue weighted by molar-refractivity contribution is 7.48. The maximum atomic E-state index is 9.76. The number of hydrogen-bond acceptors (Lipinski definition) is 3. The fourth-order valence-corrected chi connectivity index (χ4v) is 1.66. The first kappa shape index (κ1) is 11.3. The molecular weight excluding hydrogens is 199 g/mol. The van der Waals surface area contributed by atoms with Crippen molar-refractivity contribution in [3.05, 3.63) is 47.3 Å². The van der Waals surface area contributed by atoms with Gasteiger partial charge in [0.25, 0.3) is 0 Å². The Kier molecular flexibility index (Phi) is 4.23. The van der Waals surface area contributed by atoms with E-state index in [1.807, 2.05) is 18.2 Å². The summed E-state index contributed by atoms with van der Waals surface area (Å²) in [5.74, 6) is 1.27. The predicted molar refractivity (Wildman–Crippen MR) is 56.5 cm³/mol. The van der Waals surface area contributed by atoms with Crippen molar-refractivity contribution in [2.75, 3.05) is 0 Å². The number of aliphatic hydroxyl groups is 1. The summed E-state index contributed by atoms with van der Waals surface area (Å²) >= 11 is 0. The van der Waals surface area contributed by atoms with Crippen LogP contribution in [0.1, 0.15) is 18.6 Å². The summed E-state index contributed by atoms with van der Waals surface area (Å²) in [6.45, 7) is 1.67. The maximum absolute atomic E-state index is 9.76. The van der Waals surface area contributed by atoms with Gasteiger partial charge in [0.1, 0.15) is 6.10 Å². The third-order valence-corrected chi connectivity index (χ3v) is 2.50. The van der Waals surface area contributed by atoms with E-state index in [-0.39, 0.29) is 0 Å². The average molecular weight is 212 g/mol. The standard InChI is InChI=1S/C10H13O3P/c1-8(7-14(12)13)10(11)9-5-3-2-4-6-9/h2-7,10-13H,1H3. The first-order valence-corrected chi connectivity index (χ1v) is 5.51.